The number of carbonyl (C=O) groups excluding carboxylic acids is 1. The third-order valence-electron chi connectivity index (χ3n) is 4.70. The Morgan fingerprint density at radius 2 is 1.52 bits per heavy atom. The fraction of sp³-hybridized carbons (Fsp3) is 0.0952. The first-order chi connectivity index (χ1) is 13.8. The first kappa shape index (κ1) is 19.8. The van der Waals surface area contributed by atoms with Gasteiger partial charge in [-0.25, -0.2) is 8.42 Å². The predicted octanol–water partition coefficient (Wildman–Crippen LogP) is 5.00. The van der Waals surface area contributed by atoms with Gasteiger partial charge in [0.25, 0.3) is 15.9 Å². The van der Waals surface area contributed by atoms with E-state index in [9.17, 15) is 13.2 Å². The second-order valence-electron chi connectivity index (χ2n) is 6.59. The minimum atomic E-state index is -3.69. The Hall–Kier alpha value is -2.54. The van der Waals surface area contributed by atoms with Gasteiger partial charge >= 0.3 is 0 Å². The molecule has 0 bridgehead atoms. The Morgan fingerprint density at radius 3 is 2.17 bits per heavy atom. The van der Waals surface area contributed by atoms with Crippen molar-refractivity contribution < 1.29 is 13.2 Å². The lowest BCUT2D eigenvalue weighted by Crippen LogP contribution is -2.29. The van der Waals surface area contributed by atoms with Crippen molar-refractivity contribution in [3.63, 3.8) is 0 Å². The average molecular weight is 447 g/mol. The maximum Gasteiger partial charge on any atom is 0.264 e. The summed E-state index contributed by atoms with van der Waals surface area (Å²) in [6.45, 7) is 0.322. The number of carbonyl (C=O) groups is 1. The molecular formula is C21H16Cl2N2O3S. The van der Waals surface area contributed by atoms with E-state index in [2.05, 4.69) is 5.32 Å². The summed E-state index contributed by atoms with van der Waals surface area (Å²) in [5.41, 5.74) is 2.49. The lowest BCUT2D eigenvalue weighted by atomic mass is 10.1. The molecule has 148 valence electrons. The third kappa shape index (κ3) is 3.96. The lowest BCUT2D eigenvalue weighted by Gasteiger charge is -2.19. The van der Waals surface area contributed by atoms with Crippen LogP contribution in [0.15, 0.2) is 71.6 Å². The Kier molecular flexibility index (Phi) is 5.25. The largest absolute Gasteiger partial charge is 0.322 e. The Balaban J connectivity index is 1.58. The highest BCUT2D eigenvalue weighted by molar-refractivity contribution is 7.92. The van der Waals surface area contributed by atoms with E-state index in [-0.39, 0.29) is 10.8 Å². The van der Waals surface area contributed by atoms with Gasteiger partial charge in [0.2, 0.25) is 0 Å². The van der Waals surface area contributed by atoms with Crippen LogP contribution in [0.2, 0.25) is 10.0 Å². The fourth-order valence-corrected chi connectivity index (χ4v) is 4.99. The molecule has 29 heavy (non-hydrogen) atoms. The molecule has 1 aliphatic heterocycles. The summed E-state index contributed by atoms with van der Waals surface area (Å²) in [5, 5.41) is 3.87. The monoisotopic (exact) mass is 446 g/mol. The maximum absolute atomic E-state index is 13.0. The molecule has 3 aromatic rings. The number of benzene rings is 3. The zero-order valence-corrected chi connectivity index (χ0v) is 17.4. The number of nitrogens with zero attached hydrogens (tertiary/aromatic N) is 1. The van der Waals surface area contributed by atoms with Crippen molar-refractivity contribution in [2.45, 2.75) is 11.3 Å². The van der Waals surface area contributed by atoms with Gasteiger partial charge in [0, 0.05) is 27.8 Å². The maximum atomic E-state index is 13.0. The topological polar surface area (TPSA) is 66.5 Å². The minimum Gasteiger partial charge on any atom is -0.322 e. The van der Waals surface area contributed by atoms with Crippen LogP contribution in [-0.2, 0) is 16.4 Å². The smallest absolute Gasteiger partial charge is 0.264 e. The molecule has 8 heteroatoms. The second kappa shape index (κ2) is 7.71. The number of anilines is 2. The molecule has 1 amide bonds. The second-order valence-corrected chi connectivity index (χ2v) is 9.32. The quantitative estimate of drug-likeness (QED) is 0.613. The summed E-state index contributed by atoms with van der Waals surface area (Å²) in [7, 11) is -3.69. The van der Waals surface area contributed by atoms with Gasteiger partial charge in [-0.1, -0.05) is 23.2 Å². The van der Waals surface area contributed by atoms with Gasteiger partial charge in [0.15, 0.2) is 0 Å². The highest BCUT2D eigenvalue weighted by Gasteiger charge is 2.31. The summed E-state index contributed by atoms with van der Waals surface area (Å²) in [5.74, 6) is -0.269. The average Bonchev–Trinajstić information content (AvgIpc) is 3.14. The van der Waals surface area contributed by atoms with Crippen LogP contribution < -0.4 is 9.62 Å². The Bertz CT molecular complexity index is 1180. The van der Waals surface area contributed by atoms with E-state index in [1.807, 2.05) is 0 Å². The van der Waals surface area contributed by atoms with Crippen LogP contribution in [0.25, 0.3) is 0 Å². The summed E-state index contributed by atoms with van der Waals surface area (Å²) in [4.78, 5) is 12.7. The van der Waals surface area contributed by atoms with Crippen molar-refractivity contribution in [1.29, 1.82) is 0 Å². The van der Waals surface area contributed by atoms with E-state index < -0.39 is 10.0 Å². The molecule has 0 atom stereocenters. The number of sulfonamides is 1. The molecule has 0 saturated carbocycles. The number of fused-ring (bicyclic) bond motifs is 1. The molecule has 0 unspecified atom stereocenters. The van der Waals surface area contributed by atoms with Gasteiger partial charge in [-0.3, -0.25) is 9.10 Å². The van der Waals surface area contributed by atoms with Crippen LogP contribution in [0.4, 0.5) is 11.4 Å². The molecule has 0 aromatic heterocycles. The first-order valence-corrected chi connectivity index (χ1v) is 11.0. The molecule has 1 N–H and O–H groups in total. The molecule has 0 fully saturated rings. The van der Waals surface area contributed by atoms with E-state index in [1.165, 1.54) is 16.4 Å². The van der Waals surface area contributed by atoms with Crippen molar-refractivity contribution >= 4 is 50.5 Å². The van der Waals surface area contributed by atoms with Crippen LogP contribution in [0.5, 0.6) is 0 Å². The summed E-state index contributed by atoms with van der Waals surface area (Å²) < 4.78 is 27.3. The van der Waals surface area contributed by atoms with E-state index in [0.717, 1.165) is 5.56 Å². The standard InChI is InChI=1S/C21H16Cl2N2O3S/c22-16-2-6-18(7-3-16)24-21(26)15-1-10-20-14(13-15)11-12-25(20)29(27,28)19-8-4-17(23)5-9-19/h1-10,13H,11-12H2,(H,24,26). The minimum absolute atomic E-state index is 0.180. The van der Waals surface area contributed by atoms with E-state index in [1.54, 1.807) is 54.6 Å². The molecule has 5 nitrogen and oxygen atoms in total. The molecule has 0 aliphatic carbocycles. The number of nitrogens with one attached hydrogen (secondary N) is 1. The van der Waals surface area contributed by atoms with Gasteiger partial charge < -0.3 is 5.32 Å². The molecule has 3 aromatic carbocycles. The van der Waals surface area contributed by atoms with Gasteiger partial charge in [-0.2, -0.15) is 0 Å². The van der Waals surface area contributed by atoms with Gasteiger partial charge in [0.1, 0.15) is 0 Å². The van der Waals surface area contributed by atoms with Gasteiger partial charge in [-0.05, 0) is 78.7 Å². The van der Waals surface area contributed by atoms with Crippen molar-refractivity contribution in [3.05, 3.63) is 87.9 Å². The van der Waals surface area contributed by atoms with Crippen molar-refractivity contribution in [2.75, 3.05) is 16.2 Å². The van der Waals surface area contributed by atoms with Crippen molar-refractivity contribution in [2.24, 2.45) is 0 Å². The fourth-order valence-electron chi connectivity index (χ4n) is 3.23. The Labute approximate surface area is 178 Å². The predicted molar refractivity (Wildman–Crippen MR) is 116 cm³/mol. The summed E-state index contributed by atoms with van der Waals surface area (Å²) in [6, 6.07) is 17.9. The molecule has 0 spiro atoms. The number of halogens is 2. The molecule has 4 rings (SSSR count). The van der Waals surface area contributed by atoms with E-state index in [0.29, 0.717) is 39.9 Å². The molecule has 0 saturated heterocycles. The van der Waals surface area contributed by atoms with Crippen molar-refractivity contribution in [1.82, 2.24) is 0 Å². The summed E-state index contributed by atoms with van der Waals surface area (Å²) in [6.07, 6.45) is 0.532. The Morgan fingerprint density at radius 1 is 0.897 bits per heavy atom. The van der Waals surface area contributed by atoms with E-state index >= 15 is 0 Å². The lowest BCUT2D eigenvalue weighted by molar-refractivity contribution is 0.102. The molecular weight excluding hydrogens is 431 g/mol. The van der Waals surface area contributed by atoms with Crippen LogP contribution >= 0.6 is 23.2 Å². The number of rotatable bonds is 4. The van der Waals surface area contributed by atoms with Crippen molar-refractivity contribution in [3.8, 4) is 0 Å². The van der Waals surface area contributed by atoms with Crippen LogP contribution in [0.1, 0.15) is 15.9 Å². The highest BCUT2D eigenvalue weighted by atomic mass is 35.5. The molecule has 1 aliphatic rings. The number of amides is 1. The molecule has 1 heterocycles. The van der Waals surface area contributed by atoms with Crippen LogP contribution in [0, 0.1) is 0 Å². The van der Waals surface area contributed by atoms with Gasteiger partial charge in [-0.15, -0.1) is 0 Å². The number of hydrogen-bond donors (Lipinski definition) is 1. The zero-order valence-electron chi connectivity index (χ0n) is 15.1. The van der Waals surface area contributed by atoms with Crippen LogP contribution in [-0.4, -0.2) is 20.9 Å². The molecule has 0 radical (unpaired) electrons. The SMILES string of the molecule is O=C(Nc1ccc(Cl)cc1)c1ccc2c(c1)CCN2S(=O)(=O)c1ccc(Cl)cc1. The zero-order chi connectivity index (χ0) is 20.6. The normalized spacial score (nSPS) is 13.2. The van der Waals surface area contributed by atoms with Gasteiger partial charge in [0.05, 0.1) is 10.6 Å². The van der Waals surface area contributed by atoms with Crippen LogP contribution in [0.3, 0.4) is 0 Å². The highest BCUT2D eigenvalue weighted by Crippen LogP contribution is 2.34. The number of hydrogen-bond acceptors (Lipinski definition) is 3. The van der Waals surface area contributed by atoms with E-state index in [4.69, 9.17) is 23.2 Å². The first-order valence-electron chi connectivity index (χ1n) is 8.83. The third-order valence-corrected chi connectivity index (χ3v) is 7.03. The summed E-state index contributed by atoms with van der Waals surface area (Å²) >= 11 is 11.7.